The molecule has 0 saturated carbocycles. The van der Waals surface area contributed by atoms with Crippen LogP contribution in [0, 0.1) is 12.8 Å². The molecule has 2 aromatic rings. The molecule has 15 heteroatoms. The Morgan fingerprint density at radius 3 is 2.30 bits per heavy atom. The van der Waals surface area contributed by atoms with Crippen molar-refractivity contribution in [2.75, 3.05) is 60.5 Å². The lowest BCUT2D eigenvalue weighted by Gasteiger charge is -2.28. The van der Waals surface area contributed by atoms with Crippen LogP contribution >= 0.6 is 11.6 Å². The van der Waals surface area contributed by atoms with Crippen LogP contribution in [0.1, 0.15) is 60.5 Å². The summed E-state index contributed by atoms with van der Waals surface area (Å²) in [4.78, 5) is 66.1. The molecule has 1 unspecified atom stereocenters. The van der Waals surface area contributed by atoms with Gasteiger partial charge in [-0.05, 0) is 70.2 Å². The van der Waals surface area contributed by atoms with Crippen molar-refractivity contribution in [3.8, 4) is 11.1 Å². The summed E-state index contributed by atoms with van der Waals surface area (Å²) in [5, 5.41) is 9.84. The zero-order chi connectivity index (χ0) is 40.5. The monoisotopic (exact) mass is 761 g/mol. The summed E-state index contributed by atoms with van der Waals surface area (Å²) in [6, 6.07) is 4.95. The van der Waals surface area contributed by atoms with Crippen LogP contribution in [-0.4, -0.2) is 126 Å². The number of carbonyl (C=O) groups is 5. The van der Waals surface area contributed by atoms with Crippen LogP contribution in [0.3, 0.4) is 0 Å². The molecule has 0 saturated heterocycles. The Kier molecular flexibility index (Phi) is 19.9. The van der Waals surface area contributed by atoms with Gasteiger partial charge in [-0.15, -0.1) is 0 Å². The number of carbonyl (C=O) groups excluding carboxylic acids is 5. The van der Waals surface area contributed by atoms with Gasteiger partial charge in [-0.25, -0.2) is 4.79 Å². The van der Waals surface area contributed by atoms with Crippen molar-refractivity contribution in [2.45, 2.75) is 73.5 Å². The topological polar surface area (TPSA) is 155 Å². The van der Waals surface area contributed by atoms with Gasteiger partial charge in [-0.3, -0.25) is 23.9 Å². The minimum Gasteiger partial charge on any atom is -0.444 e. The molecule has 1 aromatic heterocycles. The molecule has 1 aliphatic rings. The predicted octanol–water partition coefficient (Wildman–Crippen LogP) is 4.45. The molecule has 2 heterocycles. The second-order valence-electron chi connectivity index (χ2n) is 14.6. The summed E-state index contributed by atoms with van der Waals surface area (Å²) >= 11 is 5.89. The number of nitrogens with one attached hydrogen (secondary N) is 2. The lowest BCUT2D eigenvalue weighted by atomic mass is 10.0. The van der Waals surface area contributed by atoms with E-state index in [9.17, 15) is 24.0 Å². The lowest BCUT2D eigenvalue weighted by molar-refractivity contribution is -0.141. The number of hydrogen-bond acceptors (Lipinski definition) is 8. The van der Waals surface area contributed by atoms with E-state index in [-0.39, 0.29) is 32.0 Å². The smallest absolute Gasteiger partial charge is 0.408 e. The maximum absolute atomic E-state index is 12.9. The number of ether oxygens (including phenoxy) is 2. The normalized spacial score (nSPS) is 17.4. The molecule has 296 valence electrons. The van der Waals surface area contributed by atoms with Gasteiger partial charge in [0.15, 0.2) is 0 Å². The first-order valence-electron chi connectivity index (χ1n) is 17.6. The molecule has 0 radical (unpaired) electrons. The number of aromatic nitrogens is 2. The zero-order valence-corrected chi connectivity index (χ0v) is 34.3. The van der Waals surface area contributed by atoms with Gasteiger partial charge < -0.3 is 34.8 Å². The number of likely N-dealkylation sites (N-methyl/N-ethyl adjacent to an activating group) is 3. The first-order chi connectivity index (χ1) is 24.6. The van der Waals surface area contributed by atoms with Gasteiger partial charge in [0.1, 0.15) is 18.2 Å². The highest BCUT2D eigenvalue weighted by Gasteiger charge is 2.28. The highest BCUT2D eigenvalue weighted by Crippen LogP contribution is 2.25. The summed E-state index contributed by atoms with van der Waals surface area (Å²) in [5.41, 5.74) is 3.61. The Morgan fingerprint density at radius 1 is 1.09 bits per heavy atom. The van der Waals surface area contributed by atoms with Gasteiger partial charge in [0, 0.05) is 51.5 Å². The fourth-order valence-corrected chi connectivity index (χ4v) is 4.70. The summed E-state index contributed by atoms with van der Waals surface area (Å²) in [6.45, 7) is 15.6. The lowest BCUT2D eigenvalue weighted by Crippen LogP contribution is -2.52. The molecule has 1 aliphatic heterocycles. The van der Waals surface area contributed by atoms with E-state index in [0.717, 1.165) is 22.1 Å². The van der Waals surface area contributed by atoms with E-state index in [0.29, 0.717) is 19.8 Å². The van der Waals surface area contributed by atoms with E-state index in [4.69, 9.17) is 21.1 Å². The molecule has 0 aliphatic carbocycles. The fraction of sp³-hybridized carbons (Fsp3) is 0.579. The fourth-order valence-electron chi connectivity index (χ4n) is 4.47. The van der Waals surface area contributed by atoms with Gasteiger partial charge in [-0.2, -0.15) is 5.10 Å². The van der Waals surface area contributed by atoms with Crippen LogP contribution in [0.2, 0.25) is 5.02 Å². The number of rotatable bonds is 4. The third kappa shape index (κ3) is 18.8. The third-order valence-electron chi connectivity index (χ3n) is 7.38. The minimum absolute atomic E-state index is 0.137. The van der Waals surface area contributed by atoms with Gasteiger partial charge in [0.2, 0.25) is 23.6 Å². The Labute approximate surface area is 320 Å². The molecule has 0 fully saturated rings. The van der Waals surface area contributed by atoms with E-state index < -0.39 is 35.5 Å². The Bertz CT molecular complexity index is 1550. The SMILES string of the molecule is C/C1=C\CC(N(C)C(=O)CNC(=O)OC(C)(C)C)C(=O)NCC(=O)N(C)CC(=O)N(C)CCOC1.CC(C)C.Cc1cc(Cl)ccc1-c1cnn(C)c1. The van der Waals surface area contributed by atoms with Crippen molar-refractivity contribution >= 4 is 41.3 Å². The number of aryl methyl sites for hydroxylation is 2. The van der Waals surface area contributed by atoms with Gasteiger partial charge in [0.25, 0.3) is 0 Å². The highest BCUT2D eigenvalue weighted by molar-refractivity contribution is 6.30. The van der Waals surface area contributed by atoms with Crippen molar-refractivity contribution in [3.05, 3.63) is 52.8 Å². The molecule has 5 amide bonds. The Hall–Kier alpha value is -4.43. The summed E-state index contributed by atoms with van der Waals surface area (Å²) in [6.07, 6.45) is 5.07. The Balaban J connectivity index is 0.000000633. The number of halogens is 1. The molecule has 0 spiro atoms. The van der Waals surface area contributed by atoms with E-state index in [2.05, 4.69) is 36.5 Å². The van der Waals surface area contributed by atoms with Crippen LogP contribution in [0.4, 0.5) is 4.79 Å². The standard InChI is InChI=1S/C23H39N5O7.C11H11ClN2.C4H10/c1-16-8-9-17(28(7)19(30)13-25-22(33)35-23(2,3)4)21(32)24-12-18(29)27(6)14-20(31)26(5)10-11-34-15-16;1-8-5-10(12)3-4-11(8)9-6-13-14(2)7-9;1-4(2)3/h8,17H,9-15H2,1-7H3,(H,24,32)(H,25,33);3-7H,1-2H3;4H,1-3H3/b16-8+;;. The predicted molar refractivity (Wildman–Crippen MR) is 207 cm³/mol. The van der Waals surface area contributed by atoms with E-state index in [1.807, 2.05) is 51.5 Å². The van der Waals surface area contributed by atoms with E-state index >= 15 is 0 Å². The van der Waals surface area contributed by atoms with E-state index in [1.54, 1.807) is 38.6 Å². The average molecular weight is 762 g/mol. The number of hydrogen-bond donors (Lipinski definition) is 2. The average Bonchev–Trinajstić information content (AvgIpc) is 3.48. The molecule has 2 N–H and O–H groups in total. The number of amides is 5. The summed E-state index contributed by atoms with van der Waals surface area (Å²) in [5.74, 6) is -0.921. The highest BCUT2D eigenvalue weighted by atomic mass is 35.5. The molecule has 1 atom stereocenters. The van der Waals surface area contributed by atoms with Gasteiger partial charge >= 0.3 is 6.09 Å². The molecular formula is C38H60ClN7O7. The van der Waals surface area contributed by atoms with Crippen molar-refractivity contribution < 1.29 is 33.4 Å². The van der Waals surface area contributed by atoms with Crippen LogP contribution in [0.15, 0.2) is 42.2 Å². The molecular weight excluding hydrogens is 702 g/mol. The summed E-state index contributed by atoms with van der Waals surface area (Å²) in [7, 11) is 6.46. The molecule has 53 heavy (non-hydrogen) atoms. The number of nitrogens with zero attached hydrogens (tertiary/aromatic N) is 5. The van der Waals surface area contributed by atoms with Crippen molar-refractivity contribution in [1.29, 1.82) is 0 Å². The van der Waals surface area contributed by atoms with Crippen LogP contribution in [0.25, 0.3) is 11.1 Å². The second kappa shape index (κ2) is 22.6. The summed E-state index contributed by atoms with van der Waals surface area (Å²) < 4.78 is 12.5. The molecule has 3 rings (SSSR count). The maximum atomic E-state index is 12.9. The van der Waals surface area contributed by atoms with Crippen molar-refractivity contribution in [1.82, 2.24) is 35.1 Å². The molecule has 1 aromatic carbocycles. The molecule has 0 bridgehead atoms. The Morgan fingerprint density at radius 2 is 1.74 bits per heavy atom. The van der Waals surface area contributed by atoms with Gasteiger partial charge in [0.05, 0.1) is 32.5 Å². The van der Waals surface area contributed by atoms with Crippen LogP contribution < -0.4 is 10.6 Å². The van der Waals surface area contributed by atoms with Crippen molar-refractivity contribution in [3.63, 3.8) is 0 Å². The third-order valence-corrected chi connectivity index (χ3v) is 7.61. The van der Waals surface area contributed by atoms with Crippen molar-refractivity contribution in [2.24, 2.45) is 13.0 Å². The first kappa shape index (κ1) is 46.6. The maximum Gasteiger partial charge on any atom is 0.408 e. The van der Waals surface area contributed by atoms with E-state index in [1.165, 1.54) is 39.9 Å². The number of alkyl carbamates (subject to hydrolysis) is 1. The minimum atomic E-state index is -0.934. The first-order valence-corrected chi connectivity index (χ1v) is 18.0. The van der Waals surface area contributed by atoms with Crippen LogP contribution in [0.5, 0.6) is 0 Å². The largest absolute Gasteiger partial charge is 0.444 e. The number of benzene rings is 1. The van der Waals surface area contributed by atoms with Gasteiger partial charge in [-0.1, -0.05) is 50.1 Å². The zero-order valence-electron chi connectivity index (χ0n) is 33.5. The van der Waals surface area contributed by atoms with Crippen LogP contribution in [-0.2, 0) is 35.7 Å². The molecule has 14 nitrogen and oxygen atoms in total. The quantitative estimate of drug-likeness (QED) is 0.434. The second-order valence-corrected chi connectivity index (χ2v) is 15.0.